The van der Waals surface area contributed by atoms with Gasteiger partial charge >= 0.3 is 11.9 Å². The van der Waals surface area contributed by atoms with E-state index in [1.165, 1.54) is 0 Å². The smallest absolute Gasteiger partial charge is 0.338 e. The Labute approximate surface area is 191 Å². The summed E-state index contributed by atoms with van der Waals surface area (Å²) in [5, 5.41) is 10.6. The summed E-state index contributed by atoms with van der Waals surface area (Å²) in [6, 6.07) is 26.2. The van der Waals surface area contributed by atoms with Crippen molar-refractivity contribution in [3.63, 3.8) is 0 Å². The zero-order valence-corrected chi connectivity index (χ0v) is 17.8. The van der Waals surface area contributed by atoms with Crippen LogP contribution in [0.1, 0.15) is 26.3 Å². The quantitative estimate of drug-likeness (QED) is 0.554. The molecule has 0 bridgehead atoms. The lowest BCUT2D eigenvalue weighted by Gasteiger charge is -2.39. The topological polar surface area (TPSA) is 91.3 Å². The van der Waals surface area contributed by atoms with E-state index < -0.39 is 36.5 Å². The highest BCUT2D eigenvalue weighted by Gasteiger charge is 2.46. The summed E-state index contributed by atoms with van der Waals surface area (Å²) in [5.74, 6) is -1.29. The van der Waals surface area contributed by atoms with Gasteiger partial charge in [-0.3, -0.25) is 0 Å². The Morgan fingerprint density at radius 1 is 0.758 bits per heavy atom. The molecule has 7 heteroatoms. The van der Waals surface area contributed by atoms with Crippen molar-refractivity contribution >= 4 is 11.9 Å². The summed E-state index contributed by atoms with van der Waals surface area (Å²) >= 11 is 0. The second kappa shape index (κ2) is 10.9. The van der Waals surface area contributed by atoms with E-state index in [0.29, 0.717) is 11.1 Å². The lowest BCUT2D eigenvalue weighted by atomic mass is 10.0. The van der Waals surface area contributed by atoms with E-state index in [1.54, 1.807) is 60.7 Å². The Balaban J connectivity index is 1.55. The molecule has 4 rings (SSSR count). The molecule has 3 aromatic carbocycles. The fourth-order valence-corrected chi connectivity index (χ4v) is 3.45. The van der Waals surface area contributed by atoms with Crippen molar-refractivity contribution in [2.75, 3.05) is 6.61 Å². The Hall–Kier alpha value is -3.52. The molecule has 1 N–H and O–H groups in total. The number of benzene rings is 3. The van der Waals surface area contributed by atoms with Crippen molar-refractivity contribution in [3.8, 4) is 0 Å². The van der Waals surface area contributed by atoms with Crippen LogP contribution in [0.3, 0.4) is 0 Å². The fourth-order valence-electron chi connectivity index (χ4n) is 3.45. The third-order valence-corrected chi connectivity index (χ3v) is 5.16. The highest BCUT2D eigenvalue weighted by molar-refractivity contribution is 5.90. The first kappa shape index (κ1) is 22.7. The van der Waals surface area contributed by atoms with Gasteiger partial charge in [-0.25, -0.2) is 9.59 Å². The van der Waals surface area contributed by atoms with E-state index in [0.717, 1.165) is 5.56 Å². The molecule has 170 valence electrons. The van der Waals surface area contributed by atoms with Gasteiger partial charge in [-0.1, -0.05) is 66.7 Å². The minimum atomic E-state index is -1.21. The van der Waals surface area contributed by atoms with Gasteiger partial charge in [0.2, 0.25) is 0 Å². The second-order valence-corrected chi connectivity index (χ2v) is 7.54. The molecule has 3 aromatic rings. The van der Waals surface area contributed by atoms with Crippen LogP contribution in [-0.4, -0.2) is 48.3 Å². The normalized spacial score (nSPS) is 22.3. The number of aliphatic hydroxyl groups is 1. The summed E-state index contributed by atoms with van der Waals surface area (Å²) < 4.78 is 22.8. The van der Waals surface area contributed by atoms with Gasteiger partial charge in [-0.15, -0.1) is 0 Å². The molecule has 0 spiro atoms. The highest BCUT2D eigenvalue weighted by Crippen LogP contribution is 2.25. The number of ether oxygens (including phenoxy) is 4. The van der Waals surface area contributed by atoms with Crippen LogP contribution in [0.15, 0.2) is 91.0 Å². The van der Waals surface area contributed by atoms with Gasteiger partial charge in [0.1, 0.15) is 6.10 Å². The van der Waals surface area contributed by atoms with E-state index in [2.05, 4.69) is 0 Å². The Morgan fingerprint density at radius 3 is 1.79 bits per heavy atom. The van der Waals surface area contributed by atoms with Crippen molar-refractivity contribution in [3.05, 3.63) is 108 Å². The molecule has 7 nitrogen and oxygen atoms in total. The predicted octanol–water partition coefficient (Wildman–Crippen LogP) is 3.37. The fraction of sp³-hybridized carbons (Fsp3) is 0.231. The number of aliphatic hydroxyl groups excluding tert-OH is 1. The molecule has 1 fully saturated rings. The molecule has 1 aliphatic heterocycles. The molecule has 1 aliphatic rings. The molecular weight excluding hydrogens is 424 g/mol. The van der Waals surface area contributed by atoms with Crippen molar-refractivity contribution < 1.29 is 33.6 Å². The number of carbonyl (C=O) groups excluding carboxylic acids is 2. The van der Waals surface area contributed by atoms with Gasteiger partial charge in [-0.2, -0.15) is 0 Å². The first-order chi connectivity index (χ1) is 16.1. The third-order valence-electron chi connectivity index (χ3n) is 5.16. The van der Waals surface area contributed by atoms with E-state index >= 15 is 0 Å². The molecule has 0 amide bonds. The molecule has 0 aromatic heterocycles. The van der Waals surface area contributed by atoms with Crippen molar-refractivity contribution in [1.82, 2.24) is 0 Å². The van der Waals surface area contributed by atoms with Crippen LogP contribution >= 0.6 is 0 Å². The molecule has 0 radical (unpaired) electrons. The maximum Gasteiger partial charge on any atom is 0.338 e. The Kier molecular flexibility index (Phi) is 7.47. The summed E-state index contributed by atoms with van der Waals surface area (Å²) in [6.45, 7) is 0.0337. The van der Waals surface area contributed by atoms with Crippen LogP contribution in [0.5, 0.6) is 0 Å². The maximum atomic E-state index is 12.8. The summed E-state index contributed by atoms with van der Waals surface area (Å²) in [5.41, 5.74) is 1.51. The van der Waals surface area contributed by atoms with Crippen LogP contribution in [0, 0.1) is 0 Å². The Bertz CT molecular complexity index is 1040. The predicted molar refractivity (Wildman–Crippen MR) is 118 cm³/mol. The molecule has 4 atom stereocenters. The molecule has 33 heavy (non-hydrogen) atoms. The van der Waals surface area contributed by atoms with Gasteiger partial charge in [0.05, 0.1) is 24.3 Å². The van der Waals surface area contributed by atoms with Crippen LogP contribution < -0.4 is 0 Å². The van der Waals surface area contributed by atoms with Crippen LogP contribution in [0.2, 0.25) is 0 Å². The average Bonchev–Trinajstić information content (AvgIpc) is 2.87. The summed E-state index contributed by atoms with van der Waals surface area (Å²) in [6.07, 6.45) is -4.62. The van der Waals surface area contributed by atoms with Gasteiger partial charge in [0.25, 0.3) is 0 Å². The van der Waals surface area contributed by atoms with Gasteiger partial charge in [0.15, 0.2) is 18.5 Å². The second-order valence-electron chi connectivity index (χ2n) is 7.54. The standard InChI is InChI=1S/C26H24O7/c27-21-17-31-26(30-16-18-10-4-1-5-11-18)23(33-25(29)20-14-8-3-9-15-20)22(21)32-24(28)19-12-6-2-7-13-19/h1-15,21-23,26-27H,16-17H2/t21-,22-,23+,26-/m0/s1. The van der Waals surface area contributed by atoms with Crippen molar-refractivity contribution in [2.45, 2.75) is 31.2 Å². The minimum absolute atomic E-state index is 0.147. The summed E-state index contributed by atoms with van der Waals surface area (Å²) in [7, 11) is 0. The van der Waals surface area contributed by atoms with Gasteiger partial charge in [0, 0.05) is 0 Å². The first-order valence-electron chi connectivity index (χ1n) is 10.6. The SMILES string of the molecule is O=C(O[C@@H]1[C@@H](OC(=O)c2ccccc2)[C@@H](OCc2ccccc2)OC[C@@H]1O)c1ccccc1. The van der Waals surface area contributed by atoms with Crippen LogP contribution in [0.4, 0.5) is 0 Å². The van der Waals surface area contributed by atoms with E-state index in [4.69, 9.17) is 18.9 Å². The number of hydrogen-bond donors (Lipinski definition) is 1. The zero-order chi connectivity index (χ0) is 23.0. The van der Waals surface area contributed by atoms with Gasteiger partial charge < -0.3 is 24.1 Å². The summed E-state index contributed by atoms with van der Waals surface area (Å²) in [4.78, 5) is 25.5. The van der Waals surface area contributed by atoms with Crippen LogP contribution in [-0.2, 0) is 25.6 Å². The zero-order valence-electron chi connectivity index (χ0n) is 17.8. The molecule has 0 unspecified atom stereocenters. The van der Waals surface area contributed by atoms with Crippen molar-refractivity contribution in [1.29, 1.82) is 0 Å². The molecule has 1 saturated heterocycles. The van der Waals surface area contributed by atoms with Gasteiger partial charge in [-0.05, 0) is 29.8 Å². The highest BCUT2D eigenvalue weighted by atomic mass is 16.7. The first-order valence-corrected chi connectivity index (χ1v) is 10.6. The molecular formula is C26H24O7. The third kappa shape index (κ3) is 5.84. The molecule has 1 heterocycles. The number of hydrogen-bond acceptors (Lipinski definition) is 7. The minimum Gasteiger partial charge on any atom is -0.452 e. The van der Waals surface area contributed by atoms with E-state index in [1.807, 2.05) is 30.3 Å². The monoisotopic (exact) mass is 448 g/mol. The number of carbonyl (C=O) groups is 2. The van der Waals surface area contributed by atoms with Crippen LogP contribution in [0.25, 0.3) is 0 Å². The number of esters is 2. The molecule has 0 aliphatic carbocycles. The van der Waals surface area contributed by atoms with E-state index in [-0.39, 0.29) is 13.2 Å². The lowest BCUT2D eigenvalue weighted by Crippen LogP contribution is -2.57. The van der Waals surface area contributed by atoms with E-state index in [9.17, 15) is 14.7 Å². The maximum absolute atomic E-state index is 12.8. The Morgan fingerprint density at radius 2 is 1.24 bits per heavy atom. The lowest BCUT2D eigenvalue weighted by molar-refractivity contribution is -0.272. The largest absolute Gasteiger partial charge is 0.452 e. The molecule has 0 saturated carbocycles. The van der Waals surface area contributed by atoms with Crippen molar-refractivity contribution in [2.24, 2.45) is 0 Å². The number of rotatable bonds is 7. The average molecular weight is 448 g/mol.